The fraction of sp³-hybridized carbons (Fsp3) is 0.538. The van der Waals surface area contributed by atoms with Gasteiger partial charge in [0.25, 0.3) is 0 Å². The van der Waals surface area contributed by atoms with E-state index in [1.165, 1.54) is 230 Å². The lowest BCUT2D eigenvalue weighted by Gasteiger charge is -2.38. The van der Waals surface area contributed by atoms with Crippen molar-refractivity contribution in [2.24, 2.45) is 47.3 Å². The molecular formula is C104H138. The quantitative estimate of drug-likeness (QED) is 0.0364. The SMILES string of the molecule is CCCCC(C)CC1(CC(CC)CCCC)c2cc(C)ccc2-c2ccc(-c3ccc4c(c3)C(CC(C)CC)(CC(C)CC)c3cc(-c5ccc6c(c5)C(CC(C)CC)(CC(C)CC)c5cc(-c7ccc8c(c7)C(CC(C)CCCC)(CC(CC)CCCC)c7cc(C)ccc7-8)ccc5-6)ccc3-4)cc21. The smallest absolute Gasteiger partial charge is 0.0220 e. The first kappa shape index (κ1) is 77.4. The summed E-state index contributed by atoms with van der Waals surface area (Å²) >= 11 is 0. The minimum Gasteiger partial charge on any atom is -0.0654 e. The van der Waals surface area contributed by atoms with Gasteiger partial charge >= 0.3 is 0 Å². The zero-order chi connectivity index (χ0) is 73.8. The van der Waals surface area contributed by atoms with Gasteiger partial charge in [-0.05, 0) is 271 Å². The molecule has 0 saturated carbocycles. The Hall–Kier alpha value is -6.24. The van der Waals surface area contributed by atoms with Gasteiger partial charge in [0.05, 0.1) is 0 Å². The molecule has 8 aromatic carbocycles. The van der Waals surface area contributed by atoms with E-state index in [-0.39, 0.29) is 21.7 Å². The van der Waals surface area contributed by atoms with Crippen LogP contribution in [0, 0.1) is 61.2 Å². The van der Waals surface area contributed by atoms with Crippen molar-refractivity contribution in [3.05, 3.63) is 201 Å². The Balaban J connectivity index is 0.978. The van der Waals surface area contributed by atoms with Crippen molar-refractivity contribution in [3.63, 3.8) is 0 Å². The highest BCUT2D eigenvalue weighted by Crippen LogP contribution is 2.63. The van der Waals surface area contributed by atoms with Crippen LogP contribution >= 0.6 is 0 Å². The van der Waals surface area contributed by atoms with Gasteiger partial charge in [-0.1, -0.05) is 347 Å². The number of benzene rings is 8. The molecule has 12 rings (SSSR count). The van der Waals surface area contributed by atoms with Crippen molar-refractivity contribution in [3.8, 4) is 77.9 Å². The molecule has 0 nitrogen and oxygen atoms in total. The van der Waals surface area contributed by atoms with E-state index in [0.717, 1.165) is 25.7 Å². The van der Waals surface area contributed by atoms with Crippen molar-refractivity contribution >= 4 is 0 Å². The third-order valence-corrected chi connectivity index (χ3v) is 28.2. The topological polar surface area (TPSA) is 0 Å². The number of rotatable bonds is 37. The maximum absolute atomic E-state index is 2.74. The fourth-order valence-corrected chi connectivity index (χ4v) is 21.7. The first-order valence-electron chi connectivity index (χ1n) is 43.4. The summed E-state index contributed by atoms with van der Waals surface area (Å²) < 4.78 is 0. The molecule has 0 radical (unpaired) electrons. The Bertz CT molecular complexity index is 3960. The van der Waals surface area contributed by atoms with Crippen LogP contribution in [0.25, 0.3) is 77.9 Å². The molecule has 0 aromatic heterocycles. The minimum absolute atomic E-state index is 0.0117. The Labute approximate surface area is 635 Å². The second kappa shape index (κ2) is 33.1. The molecule has 0 heteroatoms. The Morgan fingerprint density at radius 1 is 0.221 bits per heavy atom. The first-order chi connectivity index (χ1) is 50.2. The summed E-state index contributed by atoms with van der Waals surface area (Å²) in [5.74, 6) is 4.93. The lowest BCUT2D eigenvalue weighted by molar-refractivity contribution is 0.278. The second-order valence-electron chi connectivity index (χ2n) is 36.0. The summed E-state index contributed by atoms with van der Waals surface area (Å²) in [6.07, 6.45) is 32.2. The number of hydrogen-bond donors (Lipinski definition) is 0. The first-order valence-corrected chi connectivity index (χ1v) is 43.4. The molecule has 4 aliphatic rings. The maximum Gasteiger partial charge on any atom is 0.0220 e. The van der Waals surface area contributed by atoms with E-state index < -0.39 is 0 Å². The predicted octanol–water partition coefficient (Wildman–Crippen LogP) is 31.8. The fourth-order valence-electron chi connectivity index (χ4n) is 21.7. The van der Waals surface area contributed by atoms with Crippen molar-refractivity contribution < 1.29 is 0 Å². The Morgan fingerprint density at radius 3 is 0.644 bits per heavy atom. The van der Waals surface area contributed by atoms with Gasteiger partial charge in [-0.3, -0.25) is 0 Å². The molecule has 4 aliphatic carbocycles. The minimum atomic E-state index is -0.128. The average Bonchev–Trinajstić information content (AvgIpc) is 1.56. The summed E-state index contributed by atoms with van der Waals surface area (Å²) in [6, 6.07) is 62.0. The molecule has 0 heterocycles. The van der Waals surface area contributed by atoms with Crippen LogP contribution in [0.15, 0.2) is 146 Å². The highest BCUT2D eigenvalue weighted by molar-refractivity contribution is 5.91. The highest BCUT2D eigenvalue weighted by Gasteiger charge is 2.50. The second-order valence-corrected chi connectivity index (χ2v) is 36.0. The van der Waals surface area contributed by atoms with Crippen molar-refractivity contribution in [1.29, 1.82) is 0 Å². The number of aryl methyl sites for hydroxylation is 2. The van der Waals surface area contributed by atoms with Crippen molar-refractivity contribution in [2.45, 2.75) is 313 Å². The van der Waals surface area contributed by atoms with Gasteiger partial charge in [-0.25, -0.2) is 0 Å². The van der Waals surface area contributed by atoms with Gasteiger partial charge in [0.2, 0.25) is 0 Å². The predicted molar refractivity (Wildman–Crippen MR) is 456 cm³/mol. The van der Waals surface area contributed by atoms with E-state index in [4.69, 9.17) is 0 Å². The van der Waals surface area contributed by atoms with Gasteiger partial charge in [0.1, 0.15) is 0 Å². The molecular weight excluding hydrogens is 1250 g/mol. The number of fused-ring (bicyclic) bond motifs is 12. The molecule has 0 fully saturated rings. The number of hydrogen-bond acceptors (Lipinski definition) is 0. The monoisotopic (exact) mass is 1390 g/mol. The zero-order valence-corrected chi connectivity index (χ0v) is 68.9. The summed E-state index contributed by atoms with van der Waals surface area (Å²) in [5.41, 5.74) is 35.3. The molecule has 10 unspecified atom stereocenters. The molecule has 104 heavy (non-hydrogen) atoms. The van der Waals surface area contributed by atoms with Gasteiger partial charge in [-0.15, -0.1) is 0 Å². The van der Waals surface area contributed by atoms with Crippen LogP contribution in [0.3, 0.4) is 0 Å². The summed E-state index contributed by atoms with van der Waals surface area (Å²) in [4.78, 5) is 0. The van der Waals surface area contributed by atoms with Gasteiger partial charge in [-0.2, -0.15) is 0 Å². The van der Waals surface area contributed by atoms with Crippen LogP contribution in [0.1, 0.15) is 333 Å². The average molecular weight is 1390 g/mol. The molecule has 8 aromatic rings. The third kappa shape index (κ3) is 14.7. The van der Waals surface area contributed by atoms with E-state index in [0.29, 0.717) is 47.3 Å². The Kier molecular flexibility index (Phi) is 24.6. The summed E-state index contributed by atoms with van der Waals surface area (Å²) in [5, 5.41) is 0. The van der Waals surface area contributed by atoms with Gasteiger partial charge < -0.3 is 0 Å². The van der Waals surface area contributed by atoms with Crippen LogP contribution in [-0.4, -0.2) is 0 Å². The molecule has 0 amide bonds. The summed E-state index contributed by atoms with van der Waals surface area (Å²) in [7, 11) is 0. The molecule has 0 N–H and O–H groups in total. The molecule has 0 bridgehead atoms. The normalized spacial score (nSPS) is 21.1. The molecule has 0 saturated heterocycles. The van der Waals surface area contributed by atoms with E-state index in [2.05, 4.69) is 270 Å². The standard InChI is InChI=1S/C104H138/c1-19-29-33-75(17)65-103(67-77(27-9)35-31-21-3)93-53-73(15)37-45-85(93)87-47-39-83(59-99(87)103)81-43-51-91-89-49-41-79(55-95(89)101(97(91)57-81,61-69(11)23-5)62-70(12)24-6)80-42-50-90-92-52-44-82(58-98(92)102(96(90)56-80,63-71(13)25-7)64-72(14)26-8)84-40-48-88-86-46-38-74(16)54-94(86)104(100(88)60-84,66-76(18)34-30-20-2)68-78(28-10)36-32-22-4/h37-60,69-72,75-78H,19-36,61-68H2,1-18H3. The zero-order valence-electron chi connectivity index (χ0n) is 68.9. The highest BCUT2D eigenvalue weighted by atomic mass is 14.5. The summed E-state index contributed by atoms with van der Waals surface area (Å²) in [6.45, 7) is 44.3. The van der Waals surface area contributed by atoms with E-state index >= 15 is 0 Å². The van der Waals surface area contributed by atoms with Crippen LogP contribution < -0.4 is 0 Å². The maximum atomic E-state index is 2.74. The van der Waals surface area contributed by atoms with Crippen LogP contribution in [0.4, 0.5) is 0 Å². The van der Waals surface area contributed by atoms with Gasteiger partial charge in [0.15, 0.2) is 0 Å². The largest absolute Gasteiger partial charge is 0.0654 e. The van der Waals surface area contributed by atoms with Crippen LogP contribution in [-0.2, 0) is 21.7 Å². The lowest BCUT2D eigenvalue weighted by Crippen LogP contribution is -2.31. The van der Waals surface area contributed by atoms with Crippen LogP contribution in [0.5, 0.6) is 0 Å². The van der Waals surface area contributed by atoms with Crippen molar-refractivity contribution in [2.75, 3.05) is 0 Å². The van der Waals surface area contributed by atoms with E-state index in [1.54, 1.807) is 44.5 Å². The molecule has 0 spiro atoms. The van der Waals surface area contributed by atoms with Crippen LogP contribution in [0.2, 0.25) is 0 Å². The van der Waals surface area contributed by atoms with Gasteiger partial charge in [0, 0.05) is 21.7 Å². The third-order valence-electron chi connectivity index (χ3n) is 28.2. The lowest BCUT2D eigenvalue weighted by atomic mass is 9.65. The number of unbranched alkanes of at least 4 members (excludes halogenated alkanes) is 4. The van der Waals surface area contributed by atoms with E-state index in [9.17, 15) is 0 Å². The molecule has 554 valence electrons. The molecule has 10 atom stereocenters. The van der Waals surface area contributed by atoms with E-state index in [1.807, 2.05) is 0 Å². The Morgan fingerprint density at radius 2 is 0.423 bits per heavy atom. The molecule has 0 aliphatic heterocycles. The van der Waals surface area contributed by atoms with Crippen molar-refractivity contribution in [1.82, 2.24) is 0 Å².